The average molecular weight is 617 g/mol. The Labute approximate surface area is 280 Å². The molecule has 0 aliphatic heterocycles. The van der Waals surface area contributed by atoms with E-state index in [0.717, 1.165) is 13.1 Å². The van der Waals surface area contributed by atoms with E-state index in [2.05, 4.69) is 181 Å². The van der Waals surface area contributed by atoms with Gasteiger partial charge in [0.05, 0.1) is 0 Å². The number of hydrogen-bond donors (Lipinski definition) is 0. The Bertz CT molecular complexity index is 2500. The Morgan fingerprint density at radius 1 is 0.354 bits per heavy atom. The Hall–Kier alpha value is -5.86. The van der Waals surface area contributed by atoms with E-state index in [0.29, 0.717) is 0 Å². The number of aromatic nitrogens is 2. The van der Waals surface area contributed by atoms with Gasteiger partial charge in [0.2, 0.25) is 0 Å². The van der Waals surface area contributed by atoms with Gasteiger partial charge in [-0.2, -0.15) is 0 Å². The summed E-state index contributed by atoms with van der Waals surface area (Å²) in [5.74, 6) is 0. The molecule has 230 valence electrons. The van der Waals surface area contributed by atoms with Crippen LogP contribution in [0.25, 0.3) is 89.5 Å². The lowest BCUT2D eigenvalue weighted by molar-refractivity contribution is 0.827. The summed E-state index contributed by atoms with van der Waals surface area (Å²) in [4.78, 5) is 0. The molecule has 0 amide bonds. The fourth-order valence-corrected chi connectivity index (χ4v) is 7.95. The average Bonchev–Trinajstić information content (AvgIpc) is 3.64. The molecule has 48 heavy (non-hydrogen) atoms. The standard InChI is InChI=1S/C46H36N2/c1-3-47-43-19-11-9-17-39(43)41-29-31(23-27-45(41)47)21-25-37-33-13-5-7-15-35(33)38(36-16-8-6-14-34(36)37)26-22-32-24-28-46-42(30-32)40-18-10-12-20-44(40)48(46)4-2/h5-30H,3-4H2,1-2H3/b25-21+,26-22+. The van der Waals surface area contributed by atoms with Crippen LogP contribution in [-0.2, 0) is 13.1 Å². The van der Waals surface area contributed by atoms with Gasteiger partial charge >= 0.3 is 0 Å². The molecule has 0 aliphatic rings. The van der Waals surface area contributed by atoms with E-state index in [1.54, 1.807) is 0 Å². The van der Waals surface area contributed by atoms with Gasteiger partial charge in [-0.15, -0.1) is 0 Å². The molecule has 2 heteroatoms. The molecule has 0 N–H and O–H groups in total. The van der Waals surface area contributed by atoms with Crippen molar-refractivity contribution >= 4 is 89.5 Å². The van der Waals surface area contributed by atoms with Crippen molar-refractivity contribution in [1.82, 2.24) is 9.13 Å². The Balaban J connectivity index is 1.17. The summed E-state index contributed by atoms with van der Waals surface area (Å²) < 4.78 is 4.82. The largest absolute Gasteiger partial charge is 0.341 e. The molecule has 7 aromatic carbocycles. The van der Waals surface area contributed by atoms with Crippen LogP contribution < -0.4 is 0 Å². The van der Waals surface area contributed by atoms with Gasteiger partial charge in [-0.1, -0.05) is 121 Å². The first kappa shape index (κ1) is 28.4. The number of fused-ring (bicyclic) bond motifs is 8. The minimum atomic E-state index is 0.954. The van der Waals surface area contributed by atoms with Crippen molar-refractivity contribution in [2.75, 3.05) is 0 Å². The summed E-state index contributed by atoms with van der Waals surface area (Å²) in [5.41, 5.74) is 10.1. The zero-order valence-electron chi connectivity index (χ0n) is 27.3. The van der Waals surface area contributed by atoms with E-state index in [-0.39, 0.29) is 0 Å². The van der Waals surface area contributed by atoms with Crippen LogP contribution in [0.3, 0.4) is 0 Å². The molecule has 9 aromatic rings. The number of aryl methyl sites for hydroxylation is 2. The molecule has 0 atom stereocenters. The van der Waals surface area contributed by atoms with Crippen LogP contribution in [0.15, 0.2) is 133 Å². The molecule has 2 heterocycles. The van der Waals surface area contributed by atoms with Crippen LogP contribution in [0.5, 0.6) is 0 Å². The van der Waals surface area contributed by atoms with Crippen molar-refractivity contribution in [2.24, 2.45) is 0 Å². The lowest BCUT2D eigenvalue weighted by Crippen LogP contribution is -1.92. The number of benzene rings is 7. The highest BCUT2D eigenvalue weighted by molar-refractivity contribution is 6.15. The van der Waals surface area contributed by atoms with E-state index in [1.165, 1.54) is 87.4 Å². The van der Waals surface area contributed by atoms with Crippen molar-refractivity contribution in [2.45, 2.75) is 26.9 Å². The minimum absolute atomic E-state index is 0.954. The highest BCUT2D eigenvalue weighted by atomic mass is 15.0. The smallest absolute Gasteiger partial charge is 0.0491 e. The topological polar surface area (TPSA) is 9.86 Å². The highest BCUT2D eigenvalue weighted by Crippen LogP contribution is 2.37. The molecule has 0 spiro atoms. The van der Waals surface area contributed by atoms with E-state index >= 15 is 0 Å². The molecule has 0 radical (unpaired) electrons. The van der Waals surface area contributed by atoms with Crippen LogP contribution in [0.2, 0.25) is 0 Å². The molecule has 9 rings (SSSR count). The quantitative estimate of drug-likeness (QED) is 0.130. The number of nitrogens with zero attached hydrogens (tertiary/aromatic N) is 2. The normalized spacial score (nSPS) is 12.4. The lowest BCUT2D eigenvalue weighted by Gasteiger charge is -2.13. The molecule has 0 bridgehead atoms. The van der Waals surface area contributed by atoms with Gasteiger partial charge in [-0.05, 0) is 94.0 Å². The fraction of sp³-hybridized carbons (Fsp3) is 0.0870. The molecule has 0 unspecified atom stereocenters. The number of rotatable bonds is 6. The lowest BCUT2D eigenvalue weighted by atomic mass is 9.90. The second-order valence-corrected chi connectivity index (χ2v) is 12.7. The van der Waals surface area contributed by atoms with Crippen molar-refractivity contribution < 1.29 is 0 Å². The zero-order chi connectivity index (χ0) is 32.2. The molecule has 0 saturated carbocycles. The second-order valence-electron chi connectivity index (χ2n) is 12.7. The maximum absolute atomic E-state index is 2.41. The van der Waals surface area contributed by atoms with Crippen molar-refractivity contribution in [3.63, 3.8) is 0 Å². The van der Waals surface area contributed by atoms with E-state index < -0.39 is 0 Å². The van der Waals surface area contributed by atoms with Gasteiger partial charge in [0.1, 0.15) is 0 Å². The molecule has 2 nitrogen and oxygen atoms in total. The highest BCUT2D eigenvalue weighted by Gasteiger charge is 2.13. The molecule has 2 aromatic heterocycles. The van der Waals surface area contributed by atoms with Gasteiger partial charge in [0, 0.05) is 56.7 Å². The number of hydrogen-bond acceptors (Lipinski definition) is 0. The SMILES string of the molecule is CCn1c2ccccc2c2cc(/C=C/c3c4ccccc4c(/C=C/c4ccc5c(c4)c4ccccc4n5CC)c4ccccc34)ccc21. The molecule has 0 aliphatic carbocycles. The monoisotopic (exact) mass is 616 g/mol. The third-order valence-electron chi connectivity index (χ3n) is 10.1. The van der Waals surface area contributed by atoms with Crippen LogP contribution in [0.1, 0.15) is 36.1 Å². The zero-order valence-corrected chi connectivity index (χ0v) is 27.3. The Kier molecular flexibility index (Phi) is 6.76. The summed E-state index contributed by atoms with van der Waals surface area (Å²) in [6, 6.07) is 48.9. The van der Waals surface area contributed by atoms with E-state index in [9.17, 15) is 0 Å². The summed E-state index contributed by atoms with van der Waals surface area (Å²) >= 11 is 0. The van der Waals surface area contributed by atoms with E-state index in [4.69, 9.17) is 0 Å². The predicted molar refractivity (Wildman–Crippen MR) is 210 cm³/mol. The van der Waals surface area contributed by atoms with Gasteiger partial charge in [-0.3, -0.25) is 0 Å². The van der Waals surface area contributed by atoms with Gasteiger partial charge in [-0.25, -0.2) is 0 Å². The van der Waals surface area contributed by atoms with Gasteiger partial charge in [0.15, 0.2) is 0 Å². The van der Waals surface area contributed by atoms with Crippen molar-refractivity contribution in [3.05, 3.63) is 156 Å². The van der Waals surface area contributed by atoms with Crippen molar-refractivity contribution in [1.29, 1.82) is 0 Å². The summed E-state index contributed by atoms with van der Waals surface area (Å²) in [5, 5.41) is 10.3. The predicted octanol–water partition coefficient (Wildman–Crippen LogP) is 12.6. The van der Waals surface area contributed by atoms with Crippen LogP contribution in [0, 0.1) is 0 Å². The maximum atomic E-state index is 2.41. The minimum Gasteiger partial charge on any atom is -0.341 e. The fourth-order valence-electron chi connectivity index (χ4n) is 7.95. The first-order valence-electron chi connectivity index (χ1n) is 17.0. The van der Waals surface area contributed by atoms with Gasteiger partial charge < -0.3 is 9.13 Å². The Morgan fingerprint density at radius 3 is 1.06 bits per heavy atom. The molecular weight excluding hydrogens is 581 g/mol. The summed E-state index contributed by atoms with van der Waals surface area (Å²) in [6.07, 6.45) is 9.19. The van der Waals surface area contributed by atoms with Gasteiger partial charge in [0.25, 0.3) is 0 Å². The van der Waals surface area contributed by atoms with Crippen LogP contribution >= 0.6 is 0 Å². The van der Waals surface area contributed by atoms with E-state index in [1.807, 2.05) is 0 Å². The first-order valence-corrected chi connectivity index (χ1v) is 17.0. The maximum Gasteiger partial charge on any atom is 0.0491 e. The second kappa shape index (κ2) is 11.4. The third-order valence-corrected chi connectivity index (χ3v) is 10.1. The van der Waals surface area contributed by atoms with Crippen LogP contribution in [-0.4, -0.2) is 9.13 Å². The summed E-state index contributed by atoms with van der Waals surface area (Å²) in [7, 11) is 0. The number of para-hydroxylation sites is 2. The summed E-state index contributed by atoms with van der Waals surface area (Å²) in [6.45, 7) is 6.35. The first-order chi connectivity index (χ1) is 23.7. The molecule has 0 fully saturated rings. The molecular formula is C46H36N2. The van der Waals surface area contributed by atoms with Crippen LogP contribution in [0.4, 0.5) is 0 Å². The van der Waals surface area contributed by atoms with Crippen molar-refractivity contribution in [3.8, 4) is 0 Å². The Morgan fingerprint density at radius 2 is 0.688 bits per heavy atom. The third kappa shape index (κ3) is 4.41. The molecule has 0 saturated heterocycles.